The van der Waals surface area contributed by atoms with Gasteiger partial charge < -0.3 is 14.5 Å². The summed E-state index contributed by atoms with van der Waals surface area (Å²) in [4.78, 5) is 12.6. The molecule has 4 aromatic rings. The summed E-state index contributed by atoms with van der Waals surface area (Å²) in [7, 11) is 0. The van der Waals surface area contributed by atoms with E-state index in [1.54, 1.807) is 12.3 Å². The highest BCUT2D eigenvalue weighted by atomic mass is 32.2. The largest absolute Gasteiger partial charge is 0.494 e. The number of aromatic nitrogens is 3. The van der Waals surface area contributed by atoms with Crippen molar-refractivity contribution >= 4 is 23.4 Å². The van der Waals surface area contributed by atoms with Gasteiger partial charge in [-0.05, 0) is 74.4 Å². The predicted octanol–water partition coefficient (Wildman–Crippen LogP) is 5.27. The molecule has 0 unspecified atom stereocenters. The van der Waals surface area contributed by atoms with Crippen LogP contribution in [0.2, 0.25) is 0 Å². The molecule has 2 aromatic carbocycles. The summed E-state index contributed by atoms with van der Waals surface area (Å²) in [6.45, 7) is 6.56. The third-order valence-electron chi connectivity index (χ3n) is 4.99. The number of rotatable bonds is 8. The molecule has 0 spiro atoms. The van der Waals surface area contributed by atoms with Gasteiger partial charge in [0.15, 0.2) is 10.9 Å². The summed E-state index contributed by atoms with van der Waals surface area (Å²) in [5.41, 5.74) is 3.86. The van der Waals surface area contributed by atoms with Gasteiger partial charge in [0.2, 0.25) is 11.7 Å². The maximum absolute atomic E-state index is 12.6. The van der Waals surface area contributed by atoms with E-state index in [1.807, 2.05) is 73.9 Å². The number of carbonyl (C=O) groups excluding carboxylic acids is 1. The first-order valence-electron chi connectivity index (χ1n) is 10.3. The van der Waals surface area contributed by atoms with E-state index in [9.17, 15) is 4.79 Å². The normalized spacial score (nSPS) is 10.8. The van der Waals surface area contributed by atoms with Gasteiger partial charge in [-0.3, -0.25) is 9.36 Å². The van der Waals surface area contributed by atoms with Crippen LogP contribution in [0.25, 0.3) is 17.3 Å². The van der Waals surface area contributed by atoms with E-state index in [-0.39, 0.29) is 11.7 Å². The molecule has 0 aliphatic carbocycles. The standard InChI is InChI=1S/C24H24N4O3S/c1-4-30-19-12-10-18(11-13-19)28-23(21-9-6-14-31-21)26-27-24(28)32-15-22(29)25-20-8-5-7-16(2)17(20)3/h5-14H,4,15H2,1-3H3,(H,25,29). The van der Waals surface area contributed by atoms with Gasteiger partial charge in [0.1, 0.15) is 5.75 Å². The van der Waals surface area contributed by atoms with E-state index in [1.165, 1.54) is 11.8 Å². The molecule has 4 rings (SSSR count). The van der Waals surface area contributed by atoms with Gasteiger partial charge in [0.25, 0.3) is 0 Å². The van der Waals surface area contributed by atoms with E-state index in [0.717, 1.165) is 28.3 Å². The quantitative estimate of drug-likeness (QED) is 0.370. The summed E-state index contributed by atoms with van der Waals surface area (Å²) in [6.07, 6.45) is 1.59. The molecule has 0 aliphatic rings. The van der Waals surface area contributed by atoms with E-state index in [2.05, 4.69) is 15.5 Å². The van der Waals surface area contributed by atoms with Crippen LogP contribution >= 0.6 is 11.8 Å². The molecule has 0 aliphatic heterocycles. The highest BCUT2D eigenvalue weighted by Crippen LogP contribution is 2.29. The topological polar surface area (TPSA) is 82.2 Å². The predicted molar refractivity (Wildman–Crippen MR) is 125 cm³/mol. The van der Waals surface area contributed by atoms with Crippen LogP contribution in [-0.4, -0.2) is 33.0 Å². The second kappa shape index (κ2) is 9.74. The van der Waals surface area contributed by atoms with Gasteiger partial charge in [0, 0.05) is 5.69 Å². The molecule has 7 nitrogen and oxygen atoms in total. The van der Waals surface area contributed by atoms with Gasteiger partial charge in [-0.1, -0.05) is 23.9 Å². The Morgan fingerprint density at radius 2 is 1.91 bits per heavy atom. The Morgan fingerprint density at radius 3 is 2.62 bits per heavy atom. The molecule has 2 heterocycles. The molecule has 1 amide bonds. The highest BCUT2D eigenvalue weighted by molar-refractivity contribution is 7.99. The molecule has 0 saturated heterocycles. The highest BCUT2D eigenvalue weighted by Gasteiger charge is 2.19. The molecule has 8 heteroatoms. The second-order valence-corrected chi connectivity index (χ2v) is 8.07. The fourth-order valence-electron chi connectivity index (χ4n) is 3.22. The van der Waals surface area contributed by atoms with Crippen molar-refractivity contribution in [2.24, 2.45) is 0 Å². The molecule has 1 N–H and O–H groups in total. The third kappa shape index (κ3) is 4.70. The van der Waals surface area contributed by atoms with Gasteiger partial charge >= 0.3 is 0 Å². The minimum absolute atomic E-state index is 0.107. The average molecular weight is 449 g/mol. The summed E-state index contributed by atoms with van der Waals surface area (Å²) in [6, 6.07) is 17.1. The number of anilines is 1. The van der Waals surface area contributed by atoms with E-state index >= 15 is 0 Å². The Bertz CT molecular complexity index is 1200. The van der Waals surface area contributed by atoms with Crippen molar-refractivity contribution in [3.05, 3.63) is 72.0 Å². The molecule has 0 bridgehead atoms. The Hall–Kier alpha value is -3.52. The van der Waals surface area contributed by atoms with Crippen LogP contribution in [0, 0.1) is 13.8 Å². The fraction of sp³-hybridized carbons (Fsp3) is 0.208. The zero-order chi connectivity index (χ0) is 22.5. The van der Waals surface area contributed by atoms with Crippen molar-refractivity contribution < 1.29 is 13.9 Å². The molecule has 0 fully saturated rings. The lowest BCUT2D eigenvalue weighted by Crippen LogP contribution is -2.15. The second-order valence-electron chi connectivity index (χ2n) is 7.13. The van der Waals surface area contributed by atoms with Crippen LogP contribution in [0.5, 0.6) is 5.75 Å². The number of nitrogens with zero attached hydrogens (tertiary/aromatic N) is 3. The Labute approximate surface area is 190 Å². The minimum atomic E-state index is -0.107. The maximum atomic E-state index is 12.6. The van der Waals surface area contributed by atoms with E-state index < -0.39 is 0 Å². The van der Waals surface area contributed by atoms with Crippen molar-refractivity contribution in [1.29, 1.82) is 0 Å². The molecule has 164 valence electrons. The Balaban J connectivity index is 1.57. The smallest absolute Gasteiger partial charge is 0.234 e. The summed E-state index contributed by atoms with van der Waals surface area (Å²) < 4.78 is 13.0. The Kier molecular flexibility index (Phi) is 6.61. The maximum Gasteiger partial charge on any atom is 0.234 e. The lowest BCUT2D eigenvalue weighted by Gasteiger charge is -2.12. The number of benzene rings is 2. The van der Waals surface area contributed by atoms with Crippen molar-refractivity contribution in [1.82, 2.24) is 14.8 Å². The Morgan fingerprint density at radius 1 is 1.09 bits per heavy atom. The third-order valence-corrected chi connectivity index (χ3v) is 5.92. The molecular formula is C24H24N4O3S. The monoisotopic (exact) mass is 448 g/mol. The summed E-state index contributed by atoms with van der Waals surface area (Å²) in [5, 5.41) is 12.2. The van der Waals surface area contributed by atoms with Gasteiger partial charge in [-0.2, -0.15) is 0 Å². The number of carbonyl (C=O) groups is 1. The molecule has 0 atom stereocenters. The van der Waals surface area contributed by atoms with Gasteiger partial charge in [-0.15, -0.1) is 10.2 Å². The molecular weight excluding hydrogens is 424 g/mol. The number of furan rings is 1. The first-order chi connectivity index (χ1) is 15.6. The van der Waals surface area contributed by atoms with Crippen LogP contribution in [0.15, 0.2) is 70.4 Å². The van der Waals surface area contributed by atoms with Crippen molar-refractivity contribution in [2.75, 3.05) is 17.7 Å². The zero-order valence-corrected chi connectivity index (χ0v) is 19.0. The van der Waals surface area contributed by atoms with Crippen LogP contribution in [0.4, 0.5) is 5.69 Å². The van der Waals surface area contributed by atoms with E-state index in [0.29, 0.717) is 23.3 Å². The average Bonchev–Trinajstić information content (AvgIpc) is 3.46. The summed E-state index contributed by atoms with van der Waals surface area (Å²) >= 11 is 1.32. The van der Waals surface area contributed by atoms with Gasteiger partial charge in [0.05, 0.1) is 24.3 Å². The van der Waals surface area contributed by atoms with E-state index in [4.69, 9.17) is 9.15 Å². The number of ether oxygens (including phenoxy) is 1. The number of hydrogen-bond acceptors (Lipinski definition) is 6. The molecule has 32 heavy (non-hydrogen) atoms. The van der Waals surface area contributed by atoms with Crippen LogP contribution in [0.1, 0.15) is 18.1 Å². The minimum Gasteiger partial charge on any atom is -0.494 e. The van der Waals surface area contributed by atoms with Crippen molar-refractivity contribution in [2.45, 2.75) is 25.9 Å². The summed E-state index contributed by atoms with van der Waals surface area (Å²) in [5.74, 6) is 2.03. The first kappa shape index (κ1) is 21.7. The number of hydrogen-bond donors (Lipinski definition) is 1. The number of amides is 1. The SMILES string of the molecule is CCOc1ccc(-n2c(SCC(=O)Nc3cccc(C)c3C)nnc2-c2ccco2)cc1. The van der Waals surface area contributed by atoms with Crippen LogP contribution < -0.4 is 10.1 Å². The number of nitrogens with one attached hydrogen (secondary N) is 1. The molecule has 0 saturated carbocycles. The fourth-order valence-corrected chi connectivity index (χ4v) is 3.97. The van der Waals surface area contributed by atoms with Crippen LogP contribution in [0.3, 0.4) is 0 Å². The number of aryl methyl sites for hydroxylation is 1. The van der Waals surface area contributed by atoms with Gasteiger partial charge in [-0.25, -0.2) is 0 Å². The number of thioether (sulfide) groups is 1. The lowest BCUT2D eigenvalue weighted by atomic mass is 10.1. The van der Waals surface area contributed by atoms with Crippen LogP contribution in [-0.2, 0) is 4.79 Å². The molecule has 2 aromatic heterocycles. The van der Waals surface area contributed by atoms with Crippen molar-refractivity contribution in [3.8, 4) is 23.0 Å². The first-order valence-corrected chi connectivity index (χ1v) is 11.3. The zero-order valence-electron chi connectivity index (χ0n) is 18.2. The van der Waals surface area contributed by atoms with Crippen molar-refractivity contribution in [3.63, 3.8) is 0 Å². The molecule has 0 radical (unpaired) electrons. The lowest BCUT2D eigenvalue weighted by molar-refractivity contribution is -0.113.